The van der Waals surface area contributed by atoms with Gasteiger partial charge in [-0.05, 0) is 49.8 Å². The molecule has 176 valence electrons. The van der Waals surface area contributed by atoms with Gasteiger partial charge < -0.3 is 19.6 Å². The highest BCUT2D eigenvalue weighted by Gasteiger charge is 2.51. The van der Waals surface area contributed by atoms with Gasteiger partial charge in [-0.3, -0.25) is 14.6 Å². The normalized spacial score (nSPS) is 25.6. The van der Waals surface area contributed by atoms with Crippen molar-refractivity contribution in [2.24, 2.45) is 0 Å². The molecular weight excluding hydrogens is 431 g/mol. The van der Waals surface area contributed by atoms with Crippen molar-refractivity contribution in [1.82, 2.24) is 14.8 Å². The molecule has 32 heavy (non-hydrogen) atoms. The Morgan fingerprint density at radius 1 is 1.22 bits per heavy atom. The van der Waals surface area contributed by atoms with E-state index in [2.05, 4.69) is 4.98 Å². The topological polar surface area (TPSA) is 100 Å². The van der Waals surface area contributed by atoms with Gasteiger partial charge in [-0.15, -0.1) is 0 Å². The Hall–Kier alpha value is -2.69. The van der Waals surface area contributed by atoms with Gasteiger partial charge in [0.1, 0.15) is 6.10 Å². The third-order valence-corrected chi connectivity index (χ3v) is 6.00. The Bertz CT molecular complexity index is 830. The molecule has 3 aliphatic rings. The first-order valence-corrected chi connectivity index (χ1v) is 10.5. The summed E-state index contributed by atoms with van der Waals surface area (Å²) in [6.45, 7) is 2.64. The van der Waals surface area contributed by atoms with Crippen molar-refractivity contribution in [2.45, 2.75) is 62.9 Å². The summed E-state index contributed by atoms with van der Waals surface area (Å²) in [4.78, 5) is 42.5. The van der Waals surface area contributed by atoms with Gasteiger partial charge in [-0.25, -0.2) is 4.79 Å². The summed E-state index contributed by atoms with van der Waals surface area (Å²) in [5.74, 6) is -2.52. The van der Waals surface area contributed by atoms with E-state index in [9.17, 15) is 22.8 Å². The maximum absolute atomic E-state index is 13.0. The zero-order valence-electron chi connectivity index (χ0n) is 17.5. The molecule has 1 spiro atoms. The number of hydrogen-bond donors (Lipinski definition) is 1. The van der Waals surface area contributed by atoms with E-state index in [4.69, 9.17) is 14.6 Å². The largest absolute Gasteiger partial charge is 0.490 e. The number of halogens is 3. The van der Waals surface area contributed by atoms with Crippen LogP contribution < -0.4 is 0 Å². The van der Waals surface area contributed by atoms with Crippen molar-refractivity contribution in [3.63, 3.8) is 0 Å². The van der Waals surface area contributed by atoms with E-state index in [0.29, 0.717) is 26.1 Å². The highest BCUT2D eigenvalue weighted by Crippen LogP contribution is 2.39. The number of carboxylic acids is 1. The smallest absolute Gasteiger partial charge is 0.475 e. The summed E-state index contributed by atoms with van der Waals surface area (Å²) in [7, 11) is 0. The molecule has 4 rings (SSSR count). The number of piperidine rings is 1. The summed E-state index contributed by atoms with van der Waals surface area (Å²) in [5.41, 5.74) is 0.735. The molecule has 11 heteroatoms. The van der Waals surface area contributed by atoms with Gasteiger partial charge in [0.25, 0.3) is 5.91 Å². The Labute approximate surface area is 183 Å². The number of likely N-dealkylation sites (tertiary alicyclic amines) is 2. The molecule has 0 aliphatic carbocycles. The molecule has 1 aromatic rings. The lowest BCUT2D eigenvalue weighted by molar-refractivity contribution is -0.192. The van der Waals surface area contributed by atoms with Crippen molar-refractivity contribution >= 4 is 17.8 Å². The van der Waals surface area contributed by atoms with Gasteiger partial charge in [0.15, 0.2) is 0 Å². The van der Waals surface area contributed by atoms with Gasteiger partial charge in [0.05, 0.1) is 12.0 Å². The predicted octanol–water partition coefficient (Wildman–Crippen LogP) is 2.38. The maximum atomic E-state index is 13.0. The number of rotatable bonds is 3. The van der Waals surface area contributed by atoms with Crippen LogP contribution in [0.1, 0.15) is 44.1 Å². The first-order chi connectivity index (χ1) is 15.1. The molecule has 3 saturated heterocycles. The Morgan fingerprint density at radius 2 is 1.91 bits per heavy atom. The Morgan fingerprint density at radius 3 is 2.50 bits per heavy atom. The van der Waals surface area contributed by atoms with Crippen molar-refractivity contribution in [3.05, 3.63) is 30.1 Å². The number of carbonyl (C=O) groups excluding carboxylic acids is 2. The Kier molecular flexibility index (Phi) is 7.37. The molecule has 1 aromatic heterocycles. The number of nitrogens with zero attached hydrogens (tertiary/aromatic N) is 3. The second kappa shape index (κ2) is 9.85. The molecule has 2 unspecified atom stereocenters. The molecule has 3 fully saturated rings. The van der Waals surface area contributed by atoms with Crippen molar-refractivity contribution < 1.29 is 37.4 Å². The van der Waals surface area contributed by atoms with E-state index < -0.39 is 12.1 Å². The van der Waals surface area contributed by atoms with Crippen LogP contribution in [-0.2, 0) is 25.7 Å². The average Bonchev–Trinajstić information content (AvgIpc) is 3.38. The first-order valence-electron chi connectivity index (χ1n) is 10.5. The molecule has 8 nitrogen and oxygen atoms in total. The van der Waals surface area contributed by atoms with Crippen molar-refractivity contribution in [3.8, 4) is 0 Å². The molecule has 4 heterocycles. The number of carbonyl (C=O) groups is 3. The number of alkyl halides is 3. The molecular formula is C21H26F3N3O5. The molecule has 0 bridgehead atoms. The third kappa shape index (κ3) is 5.56. The monoisotopic (exact) mass is 457 g/mol. The number of aromatic nitrogens is 1. The molecule has 3 aliphatic heterocycles. The van der Waals surface area contributed by atoms with E-state index in [0.717, 1.165) is 44.2 Å². The van der Waals surface area contributed by atoms with E-state index in [1.54, 1.807) is 12.4 Å². The van der Waals surface area contributed by atoms with Crippen LogP contribution in [-0.4, -0.2) is 75.2 Å². The van der Waals surface area contributed by atoms with E-state index in [-0.39, 0.29) is 23.5 Å². The fourth-order valence-electron chi connectivity index (χ4n) is 4.48. The number of ether oxygens (including phenoxy) is 1. The minimum atomic E-state index is -5.08. The zero-order valence-corrected chi connectivity index (χ0v) is 17.5. The predicted molar refractivity (Wildman–Crippen MR) is 105 cm³/mol. The van der Waals surface area contributed by atoms with Gasteiger partial charge in [0, 0.05) is 38.6 Å². The lowest BCUT2D eigenvalue weighted by Gasteiger charge is -2.45. The van der Waals surface area contributed by atoms with Gasteiger partial charge in [0.2, 0.25) is 5.91 Å². The lowest BCUT2D eigenvalue weighted by Crippen LogP contribution is -2.58. The fourth-order valence-corrected chi connectivity index (χ4v) is 4.48. The maximum Gasteiger partial charge on any atom is 0.490 e. The third-order valence-electron chi connectivity index (χ3n) is 6.00. The summed E-state index contributed by atoms with van der Waals surface area (Å²) < 4.78 is 37.4. The van der Waals surface area contributed by atoms with Crippen molar-refractivity contribution in [2.75, 3.05) is 19.7 Å². The molecule has 0 radical (unpaired) electrons. The van der Waals surface area contributed by atoms with Crippen LogP contribution >= 0.6 is 0 Å². The van der Waals surface area contributed by atoms with Crippen LogP contribution in [0.15, 0.2) is 24.5 Å². The van der Waals surface area contributed by atoms with Crippen LogP contribution in [0.3, 0.4) is 0 Å². The van der Waals surface area contributed by atoms with Crippen LogP contribution in [0.5, 0.6) is 0 Å². The lowest BCUT2D eigenvalue weighted by atomic mass is 9.85. The molecule has 0 aromatic carbocycles. The number of hydrogen-bond acceptors (Lipinski definition) is 5. The second-order valence-electron chi connectivity index (χ2n) is 8.26. The summed E-state index contributed by atoms with van der Waals surface area (Å²) in [6, 6.07) is 3.88. The van der Waals surface area contributed by atoms with Crippen molar-refractivity contribution in [1.29, 1.82) is 0 Å². The van der Waals surface area contributed by atoms with Gasteiger partial charge in [-0.2, -0.15) is 13.2 Å². The van der Waals surface area contributed by atoms with E-state index in [1.807, 2.05) is 21.9 Å². The number of amides is 2. The molecule has 1 N–H and O–H groups in total. The van der Waals surface area contributed by atoms with E-state index in [1.165, 1.54) is 0 Å². The minimum Gasteiger partial charge on any atom is -0.475 e. The second-order valence-corrected chi connectivity index (χ2v) is 8.26. The minimum absolute atomic E-state index is 0.0933. The summed E-state index contributed by atoms with van der Waals surface area (Å²) in [5, 5.41) is 7.12. The fraction of sp³-hybridized carbons (Fsp3) is 0.619. The zero-order chi connectivity index (χ0) is 23.4. The standard InChI is InChI=1S/C19H25N3O3.C2HF3O2/c23-17-12-19(14-21(17)13-15-5-8-20-9-6-15)7-1-2-10-22(19)18(24)16-4-3-11-25-16;3-2(4,5)1(6)7/h5-6,8-9,16H,1-4,7,10-14H2;(H,6,7). The highest BCUT2D eigenvalue weighted by atomic mass is 19.4. The molecule has 0 saturated carbocycles. The molecule has 2 atom stereocenters. The first kappa shape index (κ1) is 24.0. The summed E-state index contributed by atoms with van der Waals surface area (Å²) >= 11 is 0. The SMILES string of the molecule is O=C(O)C(F)(F)F.O=C1CC2(CCCCN2C(=O)C2CCCO2)CN1Cc1ccncc1. The number of pyridine rings is 1. The molecule has 2 amide bonds. The quantitative estimate of drug-likeness (QED) is 0.748. The van der Waals surface area contributed by atoms with Crippen LogP contribution in [0.25, 0.3) is 0 Å². The Balaban J connectivity index is 0.000000360. The van der Waals surface area contributed by atoms with Crippen LogP contribution in [0.4, 0.5) is 13.2 Å². The number of carboxylic acid groups (broad SMARTS) is 1. The average molecular weight is 457 g/mol. The van der Waals surface area contributed by atoms with Gasteiger partial charge in [-0.1, -0.05) is 0 Å². The van der Waals surface area contributed by atoms with Gasteiger partial charge >= 0.3 is 12.1 Å². The van der Waals surface area contributed by atoms with Crippen LogP contribution in [0, 0.1) is 0 Å². The number of aliphatic carboxylic acids is 1. The van der Waals surface area contributed by atoms with Crippen LogP contribution in [0.2, 0.25) is 0 Å². The highest BCUT2D eigenvalue weighted by molar-refractivity contribution is 5.86. The summed E-state index contributed by atoms with van der Waals surface area (Å²) in [6.07, 6.45) is 3.30. The van der Waals surface area contributed by atoms with E-state index >= 15 is 0 Å².